The quantitative estimate of drug-likeness (QED) is 0.547. The Morgan fingerprint density at radius 1 is 1.27 bits per heavy atom. The highest BCUT2D eigenvalue weighted by Gasteiger charge is 2.06. The number of esters is 1. The fourth-order valence-electron chi connectivity index (χ4n) is 1.15. The summed E-state index contributed by atoms with van der Waals surface area (Å²) in [5.74, 6) is -0.394. The monoisotopic (exact) mass is 210 g/mol. The van der Waals surface area contributed by atoms with E-state index in [1.54, 1.807) is 25.3 Å². The van der Waals surface area contributed by atoms with Crippen molar-refractivity contribution in [2.75, 3.05) is 21.0 Å². The van der Waals surface area contributed by atoms with E-state index >= 15 is 0 Å². The molecule has 0 aromatic heterocycles. The van der Waals surface area contributed by atoms with Gasteiger partial charge in [0.15, 0.2) is 6.79 Å². The van der Waals surface area contributed by atoms with Crippen molar-refractivity contribution in [2.45, 2.75) is 6.61 Å². The van der Waals surface area contributed by atoms with Crippen molar-refractivity contribution in [3.8, 4) is 0 Å². The minimum atomic E-state index is -0.394. The summed E-state index contributed by atoms with van der Waals surface area (Å²) in [4.78, 5) is 11.4. The summed E-state index contributed by atoms with van der Waals surface area (Å²) in [5, 5.41) is 0. The number of methoxy groups -OCH3 is 2. The molecule has 0 heterocycles. The van der Waals surface area contributed by atoms with Gasteiger partial charge in [0.25, 0.3) is 0 Å². The Labute approximate surface area is 88.8 Å². The molecule has 15 heavy (non-hydrogen) atoms. The molecule has 4 nitrogen and oxygen atoms in total. The molecule has 0 N–H and O–H groups in total. The maximum atomic E-state index is 11.4. The van der Waals surface area contributed by atoms with E-state index < -0.39 is 5.97 Å². The second-order valence-electron chi connectivity index (χ2n) is 2.97. The third-order valence-corrected chi connectivity index (χ3v) is 1.78. The number of rotatable bonds is 5. The van der Waals surface area contributed by atoms with E-state index in [-0.39, 0.29) is 6.79 Å². The number of carbonyl (C=O) groups is 1. The summed E-state index contributed by atoms with van der Waals surface area (Å²) in [6, 6.07) is 7.10. The fourth-order valence-corrected chi connectivity index (χ4v) is 1.15. The van der Waals surface area contributed by atoms with Crippen molar-refractivity contribution in [3.63, 3.8) is 0 Å². The smallest absolute Gasteiger partial charge is 0.340 e. The Bertz CT molecular complexity index is 322. The molecule has 0 aliphatic carbocycles. The van der Waals surface area contributed by atoms with Crippen molar-refractivity contribution in [1.29, 1.82) is 0 Å². The Balaban J connectivity index is 2.67. The van der Waals surface area contributed by atoms with Crippen LogP contribution >= 0.6 is 0 Å². The van der Waals surface area contributed by atoms with Gasteiger partial charge >= 0.3 is 5.97 Å². The molecule has 0 bridgehead atoms. The van der Waals surface area contributed by atoms with Gasteiger partial charge in [-0.05, 0) is 17.7 Å². The van der Waals surface area contributed by atoms with Gasteiger partial charge in [-0.15, -0.1) is 0 Å². The van der Waals surface area contributed by atoms with E-state index in [0.29, 0.717) is 12.2 Å². The first-order chi connectivity index (χ1) is 7.27. The molecule has 1 aromatic carbocycles. The van der Waals surface area contributed by atoms with Crippen molar-refractivity contribution in [2.24, 2.45) is 0 Å². The highest BCUT2D eigenvalue weighted by molar-refractivity contribution is 5.89. The lowest BCUT2D eigenvalue weighted by Crippen LogP contribution is -2.07. The van der Waals surface area contributed by atoms with Gasteiger partial charge < -0.3 is 14.2 Å². The first kappa shape index (κ1) is 11.7. The highest BCUT2D eigenvalue weighted by Crippen LogP contribution is 2.07. The van der Waals surface area contributed by atoms with Crippen molar-refractivity contribution < 1.29 is 19.0 Å². The molecule has 0 saturated heterocycles. The zero-order chi connectivity index (χ0) is 11.1. The van der Waals surface area contributed by atoms with Gasteiger partial charge in [-0.25, -0.2) is 4.79 Å². The lowest BCUT2D eigenvalue weighted by molar-refractivity contribution is -0.0125. The van der Waals surface area contributed by atoms with Gasteiger partial charge in [0.1, 0.15) is 0 Å². The zero-order valence-electron chi connectivity index (χ0n) is 8.86. The van der Waals surface area contributed by atoms with Crippen molar-refractivity contribution in [1.82, 2.24) is 0 Å². The zero-order valence-corrected chi connectivity index (χ0v) is 8.86. The van der Waals surface area contributed by atoms with Crippen molar-refractivity contribution >= 4 is 5.97 Å². The number of hydrogen-bond acceptors (Lipinski definition) is 4. The standard InChI is InChI=1S/C11H14O4/c1-13-7-9-4-3-5-10(6-9)11(12)15-8-14-2/h3-6H,7-8H2,1-2H3. The van der Waals surface area contributed by atoms with Gasteiger partial charge in [0.05, 0.1) is 12.2 Å². The summed E-state index contributed by atoms with van der Waals surface area (Å²) in [5.41, 5.74) is 1.44. The minimum absolute atomic E-state index is 0.0344. The SMILES string of the molecule is COCOC(=O)c1cccc(COC)c1. The van der Waals surface area contributed by atoms with Crippen LogP contribution in [0.2, 0.25) is 0 Å². The van der Waals surface area contributed by atoms with Crippen LogP contribution in [0, 0.1) is 0 Å². The molecule has 1 rings (SSSR count). The molecular weight excluding hydrogens is 196 g/mol. The van der Waals surface area contributed by atoms with Crippen LogP contribution in [0.4, 0.5) is 0 Å². The third-order valence-electron chi connectivity index (χ3n) is 1.78. The first-order valence-corrected chi connectivity index (χ1v) is 4.52. The lowest BCUT2D eigenvalue weighted by atomic mass is 10.1. The van der Waals surface area contributed by atoms with Gasteiger partial charge in [0, 0.05) is 14.2 Å². The van der Waals surface area contributed by atoms with Crippen molar-refractivity contribution in [3.05, 3.63) is 35.4 Å². The van der Waals surface area contributed by atoms with Gasteiger partial charge in [-0.1, -0.05) is 12.1 Å². The molecule has 0 atom stereocenters. The molecule has 0 saturated carbocycles. The van der Waals surface area contributed by atoms with E-state index in [2.05, 4.69) is 4.74 Å². The molecule has 0 aliphatic rings. The molecule has 1 aromatic rings. The van der Waals surface area contributed by atoms with Crippen LogP contribution in [0.15, 0.2) is 24.3 Å². The van der Waals surface area contributed by atoms with Gasteiger partial charge in [-0.3, -0.25) is 0 Å². The Morgan fingerprint density at radius 3 is 2.73 bits per heavy atom. The summed E-state index contributed by atoms with van der Waals surface area (Å²) in [6.07, 6.45) is 0. The van der Waals surface area contributed by atoms with E-state index in [9.17, 15) is 4.79 Å². The van der Waals surface area contributed by atoms with Gasteiger partial charge in [0.2, 0.25) is 0 Å². The van der Waals surface area contributed by atoms with Crippen LogP contribution in [-0.4, -0.2) is 27.0 Å². The largest absolute Gasteiger partial charge is 0.435 e. The lowest BCUT2D eigenvalue weighted by Gasteiger charge is -2.04. The molecule has 0 amide bonds. The predicted molar refractivity (Wildman–Crippen MR) is 54.4 cm³/mol. The number of benzene rings is 1. The average molecular weight is 210 g/mol. The molecule has 4 heteroatoms. The van der Waals surface area contributed by atoms with Crippen LogP contribution in [-0.2, 0) is 20.8 Å². The maximum absolute atomic E-state index is 11.4. The molecule has 82 valence electrons. The second-order valence-corrected chi connectivity index (χ2v) is 2.97. The number of carbonyl (C=O) groups excluding carboxylic acids is 1. The molecule has 0 unspecified atom stereocenters. The third kappa shape index (κ3) is 3.69. The van der Waals surface area contributed by atoms with Crippen LogP contribution in [0.1, 0.15) is 15.9 Å². The Morgan fingerprint density at radius 2 is 2.07 bits per heavy atom. The first-order valence-electron chi connectivity index (χ1n) is 4.52. The number of ether oxygens (including phenoxy) is 3. The summed E-state index contributed by atoms with van der Waals surface area (Å²) in [7, 11) is 3.07. The van der Waals surface area contributed by atoms with E-state index in [4.69, 9.17) is 9.47 Å². The molecular formula is C11H14O4. The summed E-state index contributed by atoms with van der Waals surface area (Å²) >= 11 is 0. The molecule has 0 aliphatic heterocycles. The fraction of sp³-hybridized carbons (Fsp3) is 0.364. The average Bonchev–Trinajstić information content (AvgIpc) is 2.27. The van der Waals surface area contributed by atoms with Crippen LogP contribution in [0.25, 0.3) is 0 Å². The normalized spacial score (nSPS) is 10.0. The van der Waals surface area contributed by atoms with Crippen LogP contribution in [0.3, 0.4) is 0 Å². The summed E-state index contributed by atoms with van der Waals surface area (Å²) < 4.78 is 14.4. The Hall–Kier alpha value is -1.39. The van der Waals surface area contributed by atoms with E-state index in [1.807, 2.05) is 6.07 Å². The maximum Gasteiger partial charge on any atom is 0.340 e. The van der Waals surface area contributed by atoms with Crippen LogP contribution in [0.5, 0.6) is 0 Å². The molecule has 0 fully saturated rings. The topological polar surface area (TPSA) is 44.8 Å². The Kier molecular flexibility index (Phi) is 4.80. The highest BCUT2D eigenvalue weighted by atomic mass is 16.7. The van der Waals surface area contributed by atoms with E-state index in [1.165, 1.54) is 7.11 Å². The van der Waals surface area contributed by atoms with Crippen LogP contribution < -0.4 is 0 Å². The van der Waals surface area contributed by atoms with Gasteiger partial charge in [-0.2, -0.15) is 0 Å². The number of hydrogen-bond donors (Lipinski definition) is 0. The minimum Gasteiger partial charge on any atom is -0.435 e. The molecule has 0 spiro atoms. The predicted octanol–water partition coefficient (Wildman–Crippen LogP) is 1.59. The molecule has 0 radical (unpaired) electrons. The van der Waals surface area contributed by atoms with E-state index in [0.717, 1.165) is 5.56 Å². The second kappa shape index (κ2) is 6.16. The summed E-state index contributed by atoms with van der Waals surface area (Å²) in [6.45, 7) is 0.443.